The average molecular weight is 348 g/mol. The number of hydrogen-bond donors (Lipinski definition) is 0. The quantitative estimate of drug-likeness (QED) is 0.815. The summed E-state index contributed by atoms with van der Waals surface area (Å²) in [5, 5.41) is 0. The lowest BCUT2D eigenvalue weighted by Gasteiger charge is -2.36. The highest BCUT2D eigenvalue weighted by Crippen LogP contribution is 2.19. The molecule has 0 unspecified atom stereocenters. The fraction of sp³-hybridized carbons (Fsp3) is 0.789. The molecule has 0 aliphatic carbocycles. The van der Waals surface area contributed by atoms with Crippen LogP contribution in [0.15, 0.2) is 12.4 Å². The molecule has 6 nitrogen and oxygen atoms in total. The van der Waals surface area contributed by atoms with Gasteiger partial charge >= 0.3 is 0 Å². The van der Waals surface area contributed by atoms with Crippen molar-refractivity contribution in [1.29, 1.82) is 0 Å². The van der Waals surface area contributed by atoms with Crippen LogP contribution in [0.2, 0.25) is 0 Å². The Balaban J connectivity index is 1.56. The summed E-state index contributed by atoms with van der Waals surface area (Å²) < 4.78 is 2.20. The van der Waals surface area contributed by atoms with Gasteiger partial charge in [0.2, 0.25) is 5.91 Å². The van der Waals surface area contributed by atoms with E-state index in [1.807, 2.05) is 12.4 Å². The van der Waals surface area contributed by atoms with Crippen LogP contribution < -0.4 is 0 Å². The molecule has 0 radical (unpaired) electrons. The van der Waals surface area contributed by atoms with Gasteiger partial charge in [-0.15, -0.1) is 0 Å². The van der Waals surface area contributed by atoms with Gasteiger partial charge in [-0.25, -0.2) is 4.98 Å². The smallest absolute Gasteiger partial charge is 0.239 e. The number of rotatable bonds is 5. The van der Waals surface area contributed by atoms with Gasteiger partial charge in [0.25, 0.3) is 0 Å². The van der Waals surface area contributed by atoms with Crippen molar-refractivity contribution in [1.82, 2.24) is 24.3 Å². The first-order chi connectivity index (χ1) is 12.2. The zero-order chi connectivity index (χ0) is 17.6. The number of carbonyl (C=O) groups excluding carboxylic acids is 1. The number of likely N-dealkylation sites (N-methyl/N-ethyl adjacent to an activating group) is 1. The van der Waals surface area contributed by atoms with Crippen molar-refractivity contribution in [2.45, 2.75) is 58.7 Å². The first kappa shape index (κ1) is 18.4. The summed E-state index contributed by atoms with van der Waals surface area (Å²) in [6, 6.07) is 0.115. The molecule has 25 heavy (non-hydrogen) atoms. The highest BCUT2D eigenvalue weighted by molar-refractivity contribution is 5.82. The third kappa shape index (κ3) is 4.42. The molecular weight excluding hydrogens is 314 g/mol. The minimum Gasteiger partial charge on any atom is -0.340 e. The van der Waals surface area contributed by atoms with Crippen LogP contribution in [0, 0.1) is 0 Å². The van der Waals surface area contributed by atoms with Crippen LogP contribution in [0.3, 0.4) is 0 Å². The molecule has 2 aliphatic heterocycles. The monoisotopic (exact) mass is 347 g/mol. The van der Waals surface area contributed by atoms with Crippen molar-refractivity contribution >= 4 is 5.91 Å². The molecule has 0 spiro atoms. The van der Waals surface area contributed by atoms with E-state index in [-0.39, 0.29) is 6.04 Å². The number of aromatic nitrogens is 2. The van der Waals surface area contributed by atoms with E-state index in [1.54, 1.807) is 0 Å². The van der Waals surface area contributed by atoms with E-state index in [0.717, 1.165) is 71.0 Å². The predicted octanol–water partition coefficient (Wildman–Crippen LogP) is 1.81. The number of nitrogens with zero attached hydrogens (tertiary/aromatic N) is 5. The molecule has 0 aromatic carbocycles. The molecule has 3 heterocycles. The van der Waals surface area contributed by atoms with Crippen LogP contribution in [-0.2, 0) is 17.9 Å². The van der Waals surface area contributed by atoms with Gasteiger partial charge in [0, 0.05) is 45.1 Å². The molecule has 1 aromatic rings. The summed E-state index contributed by atoms with van der Waals surface area (Å²) in [5.74, 6) is 1.49. The highest BCUT2D eigenvalue weighted by atomic mass is 16.2. The van der Waals surface area contributed by atoms with Crippen LogP contribution in [0.25, 0.3) is 0 Å². The minimum absolute atomic E-state index is 0.115. The molecule has 2 fully saturated rings. The zero-order valence-corrected chi connectivity index (χ0v) is 15.9. The van der Waals surface area contributed by atoms with Crippen molar-refractivity contribution in [3.8, 4) is 0 Å². The second kappa shape index (κ2) is 8.81. The van der Waals surface area contributed by atoms with Crippen LogP contribution in [-0.4, -0.2) is 75.5 Å². The van der Waals surface area contributed by atoms with E-state index in [9.17, 15) is 4.79 Å². The Morgan fingerprint density at radius 3 is 2.76 bits per heavy atom. The standard InChI is InChI=1S/C19H33N5O/c1-3-22-11-6-5-8-17(22)19(25)24-12-7-10-21(14-15-24)16-18-20-9-13-23(18)4-2/h9,13,17H,3-8,10-12,14-16H2,1-2H3/t17-/m0/s1. The first-order valence-electron chi connectivity index (χ1n) is 9.98. The number of likely N-dealkylation sites (tertiary alicyclic amines) is 1. The Kier molecular flexibility index (Phi) is 6.48. The van der Waals surface area contributed by atoms with E-state index in [2.05, 4.69) is 38.1 Å². The fourth-order valence-corrected chi connectivity index (χ4v) is 4.19. The van der Waals surface area contributed by atoms with Gasteiger partial charge in [0.05, 0.1) is 12.6 Å². The van der Waals surface area contributed by atoms with E-state index in [0.29, 0.717) is 5.91 Å². The van der Waals surface area contributed by atoms with Crippen molar-refractivity contribution < 1.29 is 4.79 Å². The Morgan fingerprint density at radius 2 is 1.96 bits per heavy atom. The summed E-state index contributed by atoms with van der Waals surface area (Å²) in [5.41, 5.74) is 0. The number of hydrogen-bond acceptors (Lipinski definition) is 4. The Labute approximate surface area is 151 Å². The molecule has 0 saturated carbocycles. The molecule has 6 heteroatoms. The Hall–Kier alpha value is -1.40. The molecule has 1 amide bonds. The minimum atomic E-state index is 0.115. The lowest BCUT2D eigenvalue weighted by atomic mass is 10.0. The highest BCUT2D eigenvalue weighted by Gasteiger charge is 2.31. The normalized spacial score (nSPS) is 23.6. The van der Waals surface area contributed by atoms with Gasteiger partial charge in [-0.1, -0.05) is 13.3 Å². The summed E-state index contributed by atoms with van der Waals surface area (Å²) >= 11 is 0. The summed E-state index contributed by atoms with van der Waals surface area (Å²) in [7, 11) is 0. The van der Waals surface area contributed by atoms with Crippen molar-refractivity contribution in [3.05, 3.63) is 18.2 Å². The largest absolute Gasteiger partial charge is 0.340 e. The van der Waals surface area contributed by atoms with Gasteiger partial charge in [-0.3, -0.25) is 14.6 Å². The van der Waals surface area contributed by atoms with E-state index >= 15 is 0 Å². The topological polar surface area (TPSA) is 44.6 Å². The second-order valence-corrected chi connectivity index (χ2v) is 7.22. The number of carbonyl (C=O) groups is 1. The third-order valence-electron chi connectivity index (χ3n) is 5.71. The number of aryl methyl sites for hydroxylation is 1. The molecule has 1 aromatic heterocycles. The van der Waals surface area contributed by atoms with Gasteiger partial charge in [-0.2, -0.15) is 0 Å². The lowest BCUT2D eigenvalue weighted by Crippen LogP contribution is -2.51. The summed E-state index contributed by atoms with van der Waals surface area (Å²) in [6.45, 7) is 12.0. The zero-order valence-electron chi connectivity index (χ0n) is 15.9. The number of piperidine rings is 1. The molecule has 2 saturated heterocycles. The predicted molar refractivity (Wildman–Crippen MR) is 99.3 cm³/mol. The van der Waals surface area contributed by atoms with E-state index < -0.39 is 0 Å². The van der Waals surface area contributed by atoms with Crippen molar-refractivity contribution in [3.63, 3.8) is 0 Å². The second-order valence-electron chi connectivity index (χ2n) is 7.22. The maximum atomic E-state index is 13.0. The molecular formula is C19H33N5O. The Morgan fingerprint density at radius 1 is 1.08 bits per heavy atom. The molecule has 1 atom stereocenters. The van der Waals surface area contributed by atoms with Gasteiger partial charge in [0.15, 0.2) is 0 Å². The van der Waals surface area contributed by atoms with E-state index in [1.165, 1.54) is 12.8 Å². The van der Waals surface area contributed by atoms with Gasteiger partial charge in [-0.05, 0) is 39.3 Å². The average Bonchev–Trinajstić information content (AvgIpc) is 2.97. The van der Waals surface area contributed by atoms with Crippen molar-refractivity contribution in [2.75, 3.05) is 39.3 Å². The van der Waals surface area contributed by atoms with Gasteiger partial charge in [0.1, 0.15) is 5.82 Å². The third-order valence-corrected chi connectivity index (χ3v) is 5.71. The van der Waals surface area contributed by atoms with Gasteiger partial charge < -0.3 is 9.47 Å². The van der Waals surface area contributed by atoms with Crippen LogP contribution in [0.5, 0.6) is 0 Å². The molecule has 0 N–H and O–H groups in total. The number of amides is 1. The molecule has 2 aliphatic rings. The first-order valence-corrected chi connectivity index (χ1v) is 9.98. The summed E-state index contributed by atoms with van der Waals surface area (Å²) in [4.78, 5) is 24.5. The van der Waals surface area contributed by atoms with Crippen LogP contribution in [0.4, 0.5) is 0 Å². The fourth-order valence-electron chi connectivity index (χ4n) is 4.19. The van der Waals surface area contributed by atoms with Crippen LogP contribution >= 0.6 is 0 Å². The maximum Gasteiger partial charge on any atom is 0.239 e. The SMILES string of the molecule is CCN1CCCC[C@H]1C(=O)N1CCCN(Cc2nccn2CC)CC1. The lowest BCUT2D eigenvalue weighted by molar-refractivity contribution is -0.138. The maximum absolute atomic E-state index is 13.0. The molecule has 140 valence electrons. The van der Waals surface area contributed by atoms with Crippen molar-refractivity contribution in [2.24, 2.45) is 0 Å². The van der Waals surface area contributed by atoms with Crippen LogP contribution in [0.1, 0.15) is 45.4 Å². The molecule has 0 bridgehead atoms. The Bertz CT molecular complexity index is 558. The van der Waals surface area contributed by atoms with E-state index in [4.69, 9.17) is 0 Å². The number of imidazole rings is 1. The molecule has 3 rings (SSSR count). The summed E-state index contributed by atoms with van der Waals surface area (Å²) in [6.07, 6.45) is 8.43.